The SMILES string of the molecule is CC(=O)O.CC(=O)O.COc1cccc(S(=O)(=O)N2C(=O)C(OC(=O)N3CCN(C4CCN(C)CC4)CC3)(c3cccnc3OC)c3cc(Cl)ccc32)c1. The first-order valence-electron chi connectivity index (χ1n) is 16.9. The van der Waals surface area contributed by atoms with E-state index in [2.05, 4.69) is 21.8 Å². The fraction of sp³-hybridized carbons (Fsp3) is 0.417. The number of nitrogens with zero attached hydrogens (tertiary/aromatic N) is 5. The molecule has 0 bridgehead atoms. The fourth-order valence-electron chi connectivity index (χ4n) is 6.50. The Hall–Kier alpha value is -4.97. The third-order valence-electron chi connectivity index (χ3n) is 8.98. The van der Waals surface area contributed by atoms with E-state index < -0.39 is 39.6 Å². The van der Waals surface area contributed by atoms with Crippen molar-refractivity contribution in [2.45, 2.75) is 43.2 Å². The largest absolute Gasteiger partial charge is 0.497 e. The van der Waals surface area contributed by atoms with Gasteiger partial charge in [0.15, 0.2) is 0 Å². The van der Waals surface area contributed by atoms with Crippen LogP contribution in [0.25, 0.3) is 0 Å². The number of carboxylic acid groups (broad SMARTS) is 2. The number of carbonyl (C=O) groups is 4. The number of likely N-dealkylation sites (tertiary alicyclic amines) is 1. The van der Waals surface area contributed by atoms with E-state index in [1.807, 2.05) is 0 Å². The highest BCUT2D eigenvalue weighted by molar-refractivity contribution is 7.93. The molecule has 0 aliphatic carbocycles. The third kappa shape index (κ3) is 9.21. The van der Waals surface area contributed by atoms with E-state index in [9.17, 15) is 18.0 Å². The summed E-state index contributed by atoms with van der Waals surface area (Å²) in [5.74, 6) is -2.42. The molecule has 1 atom stereocenters. The molecular formula is C36H44ClN5O11S. The van der Waals surface area contributed by atoms with Crippen LogP contribution in [0.2, 0.25) is 5.02 Å². The van der Waals surface area contributed by atoms with Crippen molar-refractivity contribution in [3.05, 3.63) is 76.9 Å². The second kappa shape index (κ2) is 17.9. The number of fused-ring (bicyclic) bond motifs is 1. The van der Waals surface area contributed by atoms with Crippen molar-refractivity contribution in [3.63, 3.8) is 0 Å². The van der Waals surface area contributed by atoms with Crippen LogP contribution in [-0.2, 0) is 34.7 Å². The summed E-state index contributed by atoms with van der Waals surface area (Å²) in [4.78, 5) is 57.2. The number of anilines is 1. The molecule has 54 heavy (non-hydrogen) atoms. The number of piperidine rings is 1. The minimum atomic E-state index is -4.55. The Balaban J connectivity index is 0.000000740. The van der Waals surface area contributed by atoms with Gasteiger partial charge in [0.2, 0.25) is 5.88 Å². The van der Waals surface area contributed by atoms with Gasteiger partial charge in [-0.05, 0) is 75.4 Å². The second-order valence-corrected chi connectivity index (χ2v) is 14.8. The smallest absolute Gasteiger partial charge is 0.411 e. The molecule has 1 unspecified atom stereocenters. The number of hydrogen-bond donors (Lipinski definition) is 2. The van der Waals surface area contributed by atoms with E-state index in [1.165, 1.54) is 62.9 Å². The molecule has 2 fully saturated rings. The van der Waals surface area contributed by atoms with Crippen molar-refractivity contribution in [3.8, 4) is 11.6 Å². The van der Waals surface area contributed by atoms with Gasteiger partial charge in [0.25, 0.3) is 33.5 Å². The molecule has 2 amide bonds. The lowest BCUT2D eigenvalue weighted by atomic mass is 9.87. The number of carbonyl (C=O) groups excluding carboxylic acids is 2. The lowest BCUT2D eigenvalue weighted by Crippen LogP contribution is -2.55. The molecular weight excluding hydrogens is 746 g/mol. The Morgan fingerprint density at radius 3 is 2.09 bits per heavy atom. The maximum atomic E-state index is 14.8. The van der Waals surface area contributed by atoms with E-state index in [4.69, 9.17) is 45.6 Å². The number of hydrogen-bond acceptors (Lipinski definition) is 12. The predicted molar refractivity (Wildman–Crippen MR) is 197 cm³/mol. The molecule has 0 radical (unpaired) electrons. The highest BCUT2D eigenvalue weighted by atomic mass is 35.5. The average Bonchev–Trinajstić information content (AvgIpc) is 3.38. The predicted octanol–water partition coefficient (Wildman–Crippen LogP) is 3.76. The number of halogens is 1. The van der Waals surface area contributed by atoms with E-state index in [1.54, 1.807) is 17.0 Å². The molecule has 3 aromatic rings. The molecule has 2 N–H and O–H groups in total. The number of benzene rings is 2. The Morgan fingerprint density at radius 1 is 0.870 bits per heavy atom. The summed E-state index contributed by atoms with van der Waals surface area (Å²) in [6.45, 7) is 6.30. The molecule has 3 aliphatic heterocycles. The van der Waals surface area contributed by atoms with E-state index >= 15 is 0 Å². The third-order valence-corrected chi connectivity index (χ3v) is 10.9. The molecule has 2 aromatic carbocycles. The zero-order chi connectivity index (χ0) is 39.8. The summed E-state index contributed by atoms with van der Waals surface area (Å²) < 4.78 is 46.2. The molecule has 1 aromatic heterocycles. The van der Waals surface area contributed by atoms with Crippen LogP contribution in [0.15, 0.2) is 65.7 Å². The van der Waals surface area contributed by atoms with Crippen molar-refractivity contribution in [2.75, 3.05) is 64.8 Å². The number of aliphatic carboxylic acids is 2. The van der Waals surface area contributed by atoms with Crippen molar-refractivity contribution >= 4 is 51.3 Å². The van der Waals surface area contributed by atoms with Gasteiger partial charge in [0.1, 0.15) is 5.75 Å². The van der Waals surface area contributed by atoms with Gasteiger partial charge in [-0.15, -0.1) is 0 Å². The zero-order valence-electron chi connectivity index (χ0n) is 30.6. The molecule has 3 aliphatic rings. The molecule has 0 spiro atoms. The van der Waals surface area contributed by atoms with Crippen molar-refractivity contribution in [2.24, 2.45) is 0 Å². The lowest BCUT2D eigenvalue weighted by Gasteiger charge is -2.42. The van der Waals surface area contributed by atoms with Crippen LogP contribution in [0.4, 0.5) is 10.5 Å². The van der Waals surface area contributed by atoms with Gasteiger partial charge in [-0.2, -0.15) is 4.31 Å². The topological polar surface area (TPSA) is 196 Å². The number of rotatable bonds is 7. The van der Waals surface area contributed by atoms with Gasteiger partial charge in [0.05, 0.1) is 30.4 Å². The van der Waals surface area contributed by atoms with Gasteiger partial charge in [-0.3, -0.25) is 19.3 Å². The first kappa shape index (κ1) is 41.8. The van der Waals surface area contributed by atoms with Gasteiger partial charge >= 0.3 is 6.09 Å². The van der Waals surface area contributed by atoms with Crippen LogP contribution >= 0.6 is 11.6 Å². The standard InChI is InChI=1S/C32H36ClN5O7S.2C2H4O2/c1-35-14-11-23(12-15-35)36-16-18-37(19-17-36)31(40)45-32(26-8-5-13-34-29(26)44-3)27-20-22(33)9-10-28(27)38(30(32)39)46(41,42)25-7-4-6-24(21-25)43-2;2*1-2(3)4/h4-10,13,20-21,23H,11-12,14-19H2,1-3H3;2*1H3,(H,3,4). The Kier molecular flexibility index (Phi) is 13.9. The quantitative estimate of drug-likeness (QED) is 0.351. The lowest BCUT2D eigenvalue weighted by molar-refractivity contribution is -0.135. The Bertz CT molecular complexity index is 1930. The highest BCUT2D eigenvalue weighted by Gasteiger charge is 2.61. The molecule has 16 nitrogen and oxygen atoms in total. The van der Waals surface area contributed by atoms with Gasteiger partial charge in [-0.25, -0.2) is 18.2 Å². The monoisotopic (exact) mass is 789 g/mol. The van der Waals surface area contributed by atoms with E-state index in [0.717, 1.165) is 39.8 Å². The minimum Gasteiger partial charge on any atom is -0.497 e. The number of sulfonamides is 1. The van der Waals surface area contributed by atoms with Crippen molar-refractivity contribution in [1.29, 1.82) is 0 Å². The summed E-state index contributed by atoms with van der Waals surface area (Å²) in [6.07, 6.45) is 2.82. The van der Waals surface area contributed by atoms with Crippen LogP contribution in [0, 0.1) is 0 Å². The molecule has 292 valence electrons. The first-order chi connectivity index (χ1) is 25.6. The summed E-state index contributed by atoms with van der Waals surface area (Å²) in [5.41, 5.74) is -2.16. The number of methoxy groups -OCH3 is 2. The van der Waals surface area contributed by atoms with E-state index in [0.29, 0.717) is 36.5 Å². The van der Waals surface area contributed by atoms with E-state index in [-0.39, 0.29) is 38.4 Å². The molecule has 6 rings (SSSR count). The number of aromatic nitrogens is 1. The van der Waals surface area contributed by atoms with Crippen molar-refractivity contribution < 1.29 is 52.0 Å². The van der Waals surface area contributed by atoms with Gasteiger partial charge in [0, 0.05) is 68.9 Å². The number of ether oxygens (including phenoxy) is 3. The van der Waals surface area contributed by atoms with Crippen LogP contribution in [0.5, 0.6) is 11.6 Å². The fourth-order valence-corrected chi connectivity index (χ4v) is 8.16. The van der Waals surface area contributed by atoms with Crippen LogP contribution in [0.3, 0.4) is 0 Å². The Morgan fingerprint density at radius 2 is 1.50 bits per heavy atom. The number of amides is 2. The van der Waals surface area contributed by atoms with Crippen LogP contribution in [-0.4, -0.2) is 129 Å². The van der Waals surface area contributed by atoms with Crippen LogP contribution < -0.4 is 13.8 Å². The summed E-state index contributed by atoms with van der Waals surface area (Å²) in [6, 6.07) is 13.7. The molecule has 4 heterocycles. The van der Waals surface area contributed by atoms with Crippen molar-refractivity contribution in [1.82, 2.24) is 19.7 Å². The molecule has 18 heteroatoms. The Labute approximate surface area is 318 Å². The van der Waals surface area contributed by atoms with Gasteiger partial charge < -0.3 is 34.2 Å². The maximum Gasteiger partial charge on any atom is 0.411 e. The van der Waals surface area contributed by atoms with Crippen LogP contribution in [0.1, 0.15) is 37.8 Å². The second-order valence-electron chi connectivity index (χ2n) is 12.6. The number of pyridine rings is 1. The number of carboxylic acids is 2. The summed E-state index contributed by atoms with van der Waals surface area (Å²) >= 11 is 6.46. The zero-order valence-corrected chi connectivity index (χ0v) is 32.2. The number of piperazine rings is 1. The summed E-state index contributed by atoms with van der Waals surface area (Å²) in [7, 11) is 0.357. The van der Waals surface area contributed by atoms with Gasteiger partial charge in [-0.1, -0.05) is 17.7 Å². The average molecular weight is 790 g/mol. The maximum absolute atomic E-state index is 14.8. The minimum absolute atomic E-state index is 0.0111. The molecule has 2 saturated heterocycles. The highest BCUT2D eigenvalue weighted by Crippen LogP contribution is 2.52. The molecule has 0 saturated carbocycles. The summed E-state index contributed by atoms with van der Waals surface area (Å²) in [5, 5.41) is 15.0. The first-order valence-corrected chi connectivity index (χ1v) is 18.7. The normalized spacial score (nSPS) is 19.0.